The molecular formula is C15H11FN4S. The van der Waals surface area contributed by atoms with Crippen molar-refractivity contribution in [2.45, 2.75) is 0 Å². The molecule has 104 valence electrons. The second-order valence-electron chi connectivity index (χ2n) is 4.30. The second-order valence-corrected chi connectivity index (χ2v) is 4.69. The topological polar surface area (TPSA) is 46.0 Å². The Morgan fingerprint density at radius 2 is 1.81 bits per heavy atom. The maximum Gasteiger partial charge on any atom is 0.216 e. The van der Waals surface area contributed by atoms with E-state index >= 15 is 0 Å². The summed E-state index contributed by atoms with van der Waals surface area (Å²) in [6.07, 6.45) is 1.65. The summed E-state index contributed by atoms with van der Waals surface area (Å²) in [7, 11) is 0. The van der Waals surface area contributed by atoms with Crippen molar-refractivity contribution in [2.24, 2.45) is 5.10 Å². The highest BCUT2D eigenvalue weighted by atomic mass is 32.1. The van der Waals surface area contributed by atoms with E-state index in [0.29, 0.717) is 16.2 Å². The molecule has 0 unspecified atom stereocenters. The van der Waals surface area contributed by atoms with Crippen LogP contribution in [0.1, 0.15) is 5.56 Å². The third-order valence-corrected chi connectivity index (χ3v) is 3.15. The predicted octanol–water partition coefficient (Wildman–Crippen LogP) is 3.63. The van der Waals surface area contributed by atoms with Crippen LogP contribution in [-0.4, -0.2) is 21.1 Å². The Balaban J connectivity index is 2.05. The van der Waals surface area contributed by atoms with Crippen LogP contribution in [0.5, 0.6) is 0 Å². The first-order valence-electron chi connectivity index (χ1n) is 6.27. The molecule has 1 aromatic heterocycles. The van der Waals surface area contributed by atoms with Gasteiger partial charge in [-0.05, 0) is 29.9 Å². The van der Waals surface area contributed by atoms with Gasteiger partial charge in [0.2, 0.25) is 4.77 Å². The molecule has 2 aromatic carbocycles. The number of hydrogen-bond acceptors (Lipinski definition) is 3. The largest absolute Gasteiger partial charge is 0.250 e. The van der Waals surface area contributed by atoms with E-state index in [0.717, 1.165) is 5.56 Å². The van der Waals surface area contributed by atoms with Crippen molar-refractivity contribution >= 4 is 18.4 Å². The van der Waals surface area contributed by atoms with Crippen LogP contribution in [0.3, 0.4) is 0 Å². The van der Waals surface area contributed by atoms with Crippen molar-refractivity contribution in [2.75, 3.05) is 0 Å². The van der Waals surface area contributed by atoms with E-state index in [1.54, 1.807) is 24.4 Å². The SMILES string of the molecule is Fc1ccccc1-c1n[nH]c(=S)n1N=Cc1ccccc1. The quantitative estimate of drug-likeness (QED) is 0.593. The third-order valence-electron chi connectivity index (χ3n) is 2.89. The fourth-order valence-electron chi connectivity index (χ4n) is 1.88. The van der Waals surface area contributed by atoms with E-state index < -0.39 is 0 Å². The zero-order valence-electron chi connectivity index (χ0n) is 10.9. The van der Waals surface area contributed by atoms with E-state index in [4.69, 9.17) is 12.2 Å². The summed E-state index contributed by atoms with van der Waals surface area (Å²) in [4.78, 5) is 0. The molecule has 0 aliphatic carbocycles. The molecule has 0 spiro atoms. The summed E-state index contributed by atoms with van der Waals surface area (Å²) in [5.41, 5.74) is 1.26. The van der Waals surface area contributed by atoms with Gasteiger partial charge in [-0.3, -0.25) is 0 Å². The minimum absolute atomic E-state index is 0.306. The Hall–Kier alpha value is -2.60. The van der Waals surface area contributed by atoms with Crippen molar-refractivity contribution in [1.82, 2.24) is 14.9 Å². The number of nitrogens with zero attached hydrogens (tertiary/aromatic N) is 3. The summed E-state index contributed by atoms with van der Waals surface area (Å²) in [6.45, 7) is 0. The van der Waals surface area contributed by atoms with Gasteiger partial charge in [0.15, 0.2) is 5.82 Å². The average molecular weight is 298 g/mol. The van der Waals surface area contributed by atoms with Crippen LogP contribution in [0.2, 0.25) is 0 Å². The van der Waals surface area contributed by atoms with Crippen LogP contribution in [0.4, 0.5) is 4.39 Å². The highest BCUT2D eigenvalue weighted by Gasteiger charge is 2.11. The molecule has 1 heterocycles. The van der Waals surface area contributed by atoms with E-state index in [-0.39, 0.29) is 5.82 Å². The number of H-pyrrole nitrogens is 1. The number of aromatic amines is 1. The van der Waals surface area contributed by atoms with Gasteiger partial charge in [0, 0.05) is 0 Å². The van der Waals surface area contributed by atoms with E-state index in [9.17, 15) is 4.39 Å². The number of nitrogens with one attached hydrogen (secondary N) is 1. The van der Waals surface area contributed by atoms with Crippen LogP contribution < -0.4 is 0 Å². The summed E-state index contributed by atoms with van der Waals surface area (Å²) in [6, 6.07) is 15.9. The molecule has 0 fully saturated rings. The Labute approximate surface area is 125 Å². The van der Waals surface area contributed by atoms with Gasteiger partial charge in [0.05, 0.1) is 11.8 Å². The Morgan fingerprint density at radius 1 is 1.10 bits per heavy atom. The number of hydrogen-bond donors (Lipinski definition) is 1. The first-order valence-corrected chi connectivity index (χ1v) is 6.68. The van der Waals surface area contributed by atoms with Gasteiger partial charge in [-0.15, -0.1) is 0 Å². The first kappa shape index (κ1) is 13.4. The van der Waals surface area contributed by atoms with Gasteiger partial charge in [0.25, 0.3) is 0 Å². The third kappa shape index (κ3) is 2.80. The lowest BCUT2D eigenvalue weighted by molar-refractivity contribution is 0.628. The summed E-state index contributed by atoms with van der Waals surface area (Å²) >= 11 is 5.14. The number of rotatable bonds is 3. The molecule has 0 amide bonds. The van der Waals surface area contributed by atoms with Crippen LogP contribution in [0.25, 0.3) is 11.4 Å². The Bertz CT molecular complexity index is 836. The monoisotopic (exact) mass is 298 g/mol. The fourth-order valence-corrected chi connectivity index (χ4v) is 2.06. The maximum atomic E-state index is 13.9. The van der Waals surface area contributed by atoms with Crippen LogP contribution in [-0.2, 0) is 0 Å². The molecule has 1 N–H and O–H groups in total. The van der Waals surface area contributed by atoms with E-state index in [1.807, 2.05) is 30.3 Å². The molecule has 0 aliphatic rings. The van der Waals surface area contributed by atoms with Crippen molar-refractivity contribution in [3.05, 3.63) is 70.7 Å². The van der Waals surface area contributed by atoms with Crippen molar-refractivity contribution in [3.63, 3.8) is 0 Å². The van der Waals surface area contributed by atoms with Crippen molar-refractivity contribution in [3.8, 4) is 11.4 Å². The van der Waals surface area contributed by atoms with Gasteiger partial charge < -0.3 is 0 Å². The lowest BCUT2D eigenvalue weighted by atomic mass is 10.2. The molecule has 0 radical (unpaired) electrons. The zero-order valence-corrected chi connectivity index (χ0v) is 11.7. The average Bonchev–Trinajstić information content (AvgIpc) is 2.88. The predicted molar refractivity (Wildman–Crippen MR) is 82.2 cm³/mol. The van der Waals surface area contributed by atoms with Gasteiger partial charge in [0.1, 0.15) is 5.82 Å². The van der Waals surface area contributed by atoms with E-state index in [1.165, 1.54) is 10.7 Å². The molecule has 0 saturated carbocycles. The minimum Gasteiger partial charge on any atom is -0.250 e. The van der Waals surface area contributed by atoms with Gasteiger partial charge >= 0.3 is 0 Å². The molecule has 21 heavy (non-hydrogen) atoms. The number of aromatic nitrogens is 3. The molecular weight excluding hydrogens is 287 g/mol. The Kier molecular flexibility index (Phi) is 3.70. The number of halogens is 1. The van der Waals surface area contributed by atoms with Crippen LogP contribution in [0, 0.1) is 10.6 Å². The molecule has 3 rings (SSSR count). The minimum atomic E-state index is -0.373. The molecule has 0 bridgehead atoms. The van der Waals surface area contributed by atoms with Crippen LogP contribution in [0.15, 0.2) is 59.7 Å². The summed E-state index contributed by atoms with van der Waals surface area (Å²) in [5, 5.41) is 11.0. The van der Waals surface area contributed by atoms with Gasteiger partial charge in [-0.2, -0.15) is 14.9 Å². The van der Waals surface area contributed by atoms with E-state index in [2.05, 4.69) is 15.3 Å². The molecule has 6 heteroatoms. The second kappa shape index (κ2) is 5.80. The highest BCUT2D eigenvalue weighted by Crippen LogP contribution is 2.20. The van der Waals surface area contributed by atoms with Gasteiger partial charge in [-0.25, -0.2) is 9.49 Å². The normalized spacial score (nSPS) is 11.1. The van der Waals surface area contributed by atoms with Crippen molar-refractivity contribution < 1.29 is 4.39 Å². The molecule has 0 saturated heterocycles. The standard InChI is InChI=1S/C15H11FN4S/c16-13-9-5-4-8-12(13)14-18-19-15(21)20(14)17-10-11-6-2-1-3-7-11/h1-10H,(H,19,21). The first-order chi connectivity index (χ1) is 10.3. The molecule has 4 nitrogen and oxygen atoms in total. The lowest BCUT2D eigenvalue weighted by Crippen LogP contribution is -1.96. The molecule has 0 atom stereocenters. The summed E-state index contributed by atoms with van der Waals surface area (Å²) < 4.78 is 15.6. The van der Waals surface area contributed by atoms with Crippen LogP contribution >= 0.6 is 12.2 Å². The number of benzene rings is 2. The maximum absolute atomic E-state index is 13.9. The lowest BCUT2D eigenvalue weighted by Gasteiger charge is -2.02. The molecule has 3 aromatic rings. The fraction of sp³-hybridized carbons (Fsp3) is 0. The smallest absolute Gasteiger partial charge is 0.216 e. The zero-order chi connectivity index (χ0) is 14.7. The summed E-state index contributed by atoms with van der Waals surface area (Å²) in [5.74, 6) is -0.0343. The Morgan fingerprint density at radius 3 is 2.57 bits per heavy atom. The highest BCUT2D eigenvalue weighted by molar-refractivity contribution is 7.71. The van der Waals surface area contributed by atoms with Crippen molar-refractivity contribution in [1.29, 1.82) is 0 Å². The molecule has 0 aliphatic heterocycles. The van der Waals surface area contributed by atoms with Gasteiger partial charge in [-0.1, -0.05) is 42.5 Å².